The standard InChI is InChI=1S/C16H22N4O2S/c1-9-7-17-15(23-9)14(10-2-3-10)19-16(22)18-11-6-13(21)20(8-11)12-4-5-12/h7,10-12,14H,2-6,8H2,1H3,(H2,18,19,22)/t11-,14+/m0/s1. The summed E-state index contributed by atoms with van der Waals surface area (Å²) in [5, 5.41) is 7.04. The zero-order valence-electron chi connectivity index (χ0n) is 13.2. The van der Waals surface area contributed by atoms with E-state index in [1.54, 1.807) is 11.3 Å². The number of carbonyl (C=O) groups is 2. The van der Waals surface area contributed by atoms with Crippen LogP contribution in [0, 0.1) is 12.8 Å². The summed E-state index contributed by atoms with van der Waals surface area (Å²) < 4.78 is 0. The van der Waals surface area contributed by atoms with Crippen LogP contribution in [0.4, 0.5) is 4.79 Å². The van der Waals surface area contributed by atoms with Crippen LogP contribution >= 0.6 is 11.3 Å². The summed E-state index contributed by atoms with van der Waals surface area (Å²) >= 11 is 1.65. The molecule has 1 aromatic rings. The number of thiazole rings is 1. The van der Waals surface area contributed by atoms with Crippen molar-refractivity contribution < 1.29 is 9.59 Å². The Morgan fingerprint density at radius 1 is 1.39 bits per heavy atom. The van der Waals surface area contributed by atoms with Gasteiger partial charge in [0.15, 0.2) is 0 Å². The number of amides is 3. The molecule has 1 aromatic heterocycles. The Balaban J connectivity index is 1.34. The van der Waals surface area contributed by atoms with Gasteiger partial charge in [-0.3, -0.25) is 4.79 Å². The molecule has 7 heteroatoms. The molecular weight excluding hydrogens is 312 g/mol. The third kappa shape index (κ3) is 3.34. The Kier molecular flexibility index (Phi) is 3.75. The van der Waals surface area contributed by atoms with Crippen molar-refractivity contribution in [1.29, 1.82) is 0 Å². The highest BCUT2D eigenvalue weighted by Crippen LogP contribution is 2.42. The second-order valence-corrected chi connectivity index (χ2v) is 8.19. The molecular formula is C16H22N4O2S. The Morgan fingerprint density at radius 3 is 2.78 bits per heavy atom. The lowest BCUT2D eigenvalue weighted by Gasteiger charge is -2.19. The van der Waals surface area contributed by atoms with E-state index < -0.39 is 0 Å². The number of urea groups is 1. The highest BCUT2D eigenvalue weighted by atomic mass is 32.1. The highest BCUT2D eigenvalue weighted by Gasteiger charge is 2.40. The van der Waals surface area contributed by atoms with Crippen molar-refractivity contribution in [2.24, 2.45) is 5.92 Å². The summed E-state index contributed by atoms with van der Waals surface area (Å²) in [6, 6.07) is 0.186. The first-order valence-electron chi connectivity index (χ1n) is 8.39. The topological polar surface area (TPSA) is 74.3 Å². The molecule has 6 nitrogen and oxygen atoms in total. The van der Waals surface area contributed by atoms with E-state index in [0.29, 0.717) is 24.9 Å². The number of aromatic nitrogens is 1. The lowest BCUT2D eigenvalue weighted by molar-refractivity contribution is -0.128. The van der Waals surface area contributed by atoms with Crippen molar-refractivity contribution >= 4 is 23.3 Å². The van der Waals surface area contributed by atoms with E-state index in [9.17, 15) is 9.59 Å². The van der Waals surface area contributed by atoms with Gasteiger partial charge in [0, 0.05) is 30.1 Å². The number of nitrogens with zero attached hydrogens (tertiary/aromatic N) is 2. The molecule has 2 saturated carbocycles. The average molecular weight is 334 g/mol. The molecule has 2 heterocycles. The molecule has 1 aliphatic heterocycles. The van der Waals surface area contributed by atoms with Crippen LogP contribution in [0.1, 0.15) is 48.0 Å². The average Bonchev–Trinajstić information content (AvgIpc) is 3.41. The molecule has 0 unspecified atom stereocenters. The Bertz CT molecular complexity index is 623. The molecule has 124 valence electrons. The van der Waals surface area contributed by atoms with Crippen LogP contribution in [-0.4, -0.2) is 40.5 Å². The van der Waals surface area contributed by atoms with Crippen LogP contribution in [-0.2, 0) is 4.79 Å². The van der Waals surface area contributed by atoms with Gasteiger partial charge in [-0.1, -0.05) is 0 Å². The van der Waals surface area contributed by atoms with Crippen LogP contribution < -0.4 is 10.6 Å². The Labute approximate surface area is 139 Å². The van der Waals surface area contributed by atoms with Gasteiger partial charge in [0.1, 0.15) is 5.01 Å². The minimum absolute atomic E-state index is 0.00494. The number of carbonyl (C=O) groups excluding carboxylic acids is 2. The summed E-state index contributed by atoms with van der Waals surface area (Å²) in [5.74, 6) is 0.673. The first-order chi connectivity index (χ1) is 11.1. The van der Waals surface area contributed by atoms with Gasteiger partial charge in [-0.05, 0) is 38.5 Å². The van der Waals surface area contributed by atoms with E-state index in [2.05, 4.69) is 15.6 Å². The van der Waals surface area contributed by atoms with Crippen molar-refractivity contribution in [3.8, 4) is 0 Å². The number of rotatable bonds is 5. The fourth-order valence-corrected chi connectivity index (χ4v) is 4.18. The Hall–Kier alpha value is -1.63. The van der Waals surface area contributed by atoms with Gasteiger partial charge in [-0.2, -0.15) is 0 Å². The molecule has 0 spiro atoms. The van der Waals surface area contributed by atoms with Crippen LogP contribution in [0.2, 0.25) is 0 Å². The molecule has 0 radical (unpaired) electrons. The fourth-order valence-electron chi connectivity index (χ4n) is 3.26. The van der Waals surface area contributed by atoms with Gasteiger partial charge in [-0.25, -0.2) is 9.78 Å². The maximum Gasteiger partial charge on any atom is 0.315 e. The third-order valence-electron chi connectivity index (χ3n) is 4.77. The number of likely N-dealkylation sites (tertiary alicyclic amines) is 1. The van der Waals surface area contributed by atoms with E-state index in [-0.39, 0.29) is 24.0 Å². The Morgan fingerprint density at radius 2 is 2.17 bits per heavy atom. The minimum atomic E-state index is -0.176. The van der Waals surface area contributed by atoms with Gasteiger partial charge in [0.05, 0.1) is 12.1 Å². The van der Waals surface area contributed by atoms with Gasteiger partial charge < -0.3 is 15.5 Å². The zero-order chi connectivity index (χ0) is 16.0. The normalized spacial score (nSPS) is 25.5. The summed E-state index contributed by atoms with van der Waals surface area (Å²) in [6.45, 7) is 2.68. The monoisotopic (exact) mass is 334 g/mol. The van der Waals surface area contributed by atoms with Gasteiger partial charge in [0.25, 0.3) is 0 Å². The predicted molar refractivity (Wildman–Crippen MR) is 87.1 cm³/mol. The smallest absolute Gasteiger partial charge is 0.315 e. The molecule has 1 saturated heterocycles. The third-order valence-corrected chi connectivity index (χ3v) is 5.76. The highest BCUT2D eigenvalue weighted by molar-refractivity contribution is 7.11. The van der Waals surface area contributed by atoms with Gasteiger partial charge in [-0.15, -0.1) is 11.3 Å². The van der Waals surface area contributed by atoms with Crippen LogP contribution in [0.5, 0.6) is 0 Å². The number of aryl methyl sites for hydroxylation is 1. The molecule has 3 amide bonds. The first kappa shape index (κ1) is 14.9. The molecule has 2 aliphatic carbocycles. The van der Waals surface area contributed by atoms with E-state index in [1.807, 2.05) is 18.0 Å². The van der Waals surface area contributed by atoms with Gasteiger partial charge >= 0.3 is 6.03 Å². The van der Waals surface area contributed by atoms with E-state index in [0.717, 1.165) is 35.6 Å². The van der Waals surface area contributed by atoms with E-state index >= 15 is 0 Å². The largest absolute Gasteiger partial charge is 0.338 e. The first-order valence-corrected chi connectivity index (χ1v) is 9.20. The van der Waals surface area contributed by atoms with Crippen LogP contribution in [0.3, 0.4) is 0 Å². The van der Waals surface area contributed by atoms with Crippen molar-refractivity contribution in [2.75, 3.05) is 6.54 Å². The SMILES string of the molecule is Cc1cnc([C@H](NC(=O)N[C@H]2CC(=O)N(C3CC3)C2)C2CC2)s1. The molecule has 2 N–H and O–H groups in total. The number of hydrogen-bond acceptors (Lipinski definition) is 4. The minimum Gasteiger partial charge on any atom is -0.338 e. The number of nitrogens with one attached hydrogen (secondary N) is 2. The maximum atomic E-state index is 12.3. The molecule has 3 fully saturated rings. The zero-order valence-corrected chi connectivity index (χ0v) is 14.1. The van der Waals surface area contributed by atoms with Crippen LogP contribution in [0.25, 0.3) is 0 Å². The maximum absolute atomic E-state index is 12.3. The van der Waals surface area contributed by atoms with Crippen molar-refractivity contribution in [2.45, 2.75) is 57.2 Å². The van der Waals surface area contributed by atoms with Crippen LogP contribution in [0.15, 0.2) is 6.20 Å². The summed E-state index contributed by atoms with van der Waals surface area (Å²) in [7, 11) is 0. The molecule has 0 bridgehead atoms. The summed E-state index contributed by atoms with van der Waals surface area (Å²) in [4.78, 5) is 31.8. The van der Waals surface area contributed by atoms with Crippen molar-refractivity contribution in [3.05, 3.63) is 16.1 Å². The van der Waals surface area contributed by atoms with E-state index in [1.165, 1.54) is 0 Å². The fraction of sp³-hybridized carbons (Fsp3) is 0.688. The summed E-state index contributed by atoms with van der Waals surface area (Å²) in [6.07, 6.45) is 6.78. The molecule has 4 rings (SSSR count). The van der Waals surface area contributed by atoms with E-state index in [4.69, 9.17) is 0 Å². The second-order valence-electron chi connectivity index (χ2n) is 6.92. The van der Waals surface area contributed by atoms with Crippen molar-refractivity contribution in [3.63, 3.8) is 0 Å². The molecule has 3 aliphatic rings. The molecule has 23 heavy (non-hydrogen) atoms. The lowest BCUT2D eigenvalue weighted by atomic mass is 10.2. The molecule has 0 aromatic carbocycles. The molecule has 2 atom stereocenters. The number of hydrogen-bond donors (Lipinski definition) is 2. The quantitative estimate of drug-likeness (QED) is 0.864. The van der Waals surface area contributed by atoms with Crippen molar-refractivity contribution in [1.82, 2.24) is 20.5 Å². The predicted octanol–water partition coefficient (Wildman–Crippen LogP) is 1.97. The van der Waals surface area contributed by atoms with Gasteiger partial charge in [0.2, 0.25) is 5.91 Å². The second kappa shape index (κ2) is 5.78. The lowest BCUT2D eigenvalue weighted by Crippen LogP contribution is -2.45. The summed E-state index contributed by atoms with van der Waals surface area (Å²) in [5.41, 5.74) is 0.